The van der Waals surface area contributed by atoms with Gasteiger partial charge in [0.15, 0.2) is 12.1 Å². The Hall–Kier alpha value is -2.71. The topological polar surface area (TPSA) is 69.7 Å². The summed E-state index contributed by atoms with van der Waals surface area (Å²) >= 11 is 0. The Morgan fingerprint density at radius 1 is 1.15 bits per heavy atom. The highest BCUT2D eigenvalue weighted by molar-refractivity contribution is 6.24. The van der Waals surface area contributed by atoms with Gasteiger partial charge in [-0.1, -0.05) is 40.7 Å². The molecule has 0 heterocycles. The van der Waals surface area contributed by atoms with Gasteiger partial charge >= 0.3 is 12.1 Å². The third-order valence-electron chi connectivity index (χ3n) is 4.31. The first-order chi connectivity index (χ1) is 15.2. The fourth-order valence-electron chi connectivity index (χ4n) is 2.75. The molecule has 188 valence electrons. The Bertz CT molecular complexity index is 806. The van der Waals surface area contributed by atoms with Gasteiger partial charge in [-0.05, 0) is 29.9 Å². The molecule has 1 aromatic carbocycles. The van der Waals surface area contributed by atoms with Crippen LogP contribution in [0.25, 0.3) is 5.57 Å². The van der Waals surface area contributed by atoms with Crippen LogP contribution < -0.4 is 4.74 Å². The number of halogens is 4. The van der Waals surface area contributed by atoms with Crippen molar-refractivity contribution in [2.45, 2.75) is 67.0 Å². The molecule has 0 spiro atoms. The van der Waals surface area contributed by atoms with Crippen molar-refractivity contribution in [3.8, 4) is 5.75 Å². The third kappa shape index (κ3) is 12.2. The maximum Gasteiger partial charge on any atom is 0.386 e. The van der Waals surface area contributed by atoms with Crippen LogP contribution in [0.3, 0.4) is 0 Å². The average molecular weight is 479 g/mol. The molecule has 9 heteroatoms. The van der Waals surface area contributed by atoms with Crippen LogP contribution in [0, 0.1) is 11.2 Å². The quantitative estimate of drug-likeness (QED) is 0.207. The molecule has 5 nitrogen and oxygen atoms in total. The van der Waals surface area contributed by atoms with Crippen LogP contribution in [-0.2, 0) is 14.3 Å². The van der Waals surface area contributed by atoms with E-state index in [1.54, 1.807) is 6.92 Å². The van der Waals surface area contributed by atoms with E-state index in [1.165, 1.54) is 26.4 Å². The van der Waals surface area contributed by atoms with E-state index in [1.807, 2.05) is 13.8 Å². The van der Waals surface area contributed by atoms with Crippen LogP contribution >= 0.6 is 0 Å². The number of hydrogen-bond acceptors (Lipinski definition) is 5. The SMILES string of the molecule is CC.CC(F)(F)F.CCC(=O)C=O.COC(=O)c1cc(C2=CCCC2(C)C)c(OC)cc1F. The number of hydrogen-bond donors (Lipinski definition) is 0. The average Bonchev–Trinajstić information content (AvgIpc) is 3.11. The predicted molar refractivity (Wildman–Crippen MR) is 120 cm³/mol. The van der Waals surface area contributed by atoms with Gasteiger partial charge in [0.25, 0.3) is 0 Å². The molecule has 0 fully saturated rings. The molecule has 0 aromatic heterocycles. The Morgan fingerprint density at radius 3 is 1.97 bits per heavy atom. The van der Waals surface area contributed by atoms with Gasteiger partial charge in [0.05, 0.1) is 19.8 Å². The zero-order valence-electron chi connectivity index (χ0n) is 20.5. The largest absolute Gasteiger partial charge is 0.496 e. The number of allylic oxidation sites excluding steroid dienone is 2. The van der Waals surface area contributed by atoms with Gasteiger partial charge in [-0.25, -0.2) is 9.18 Å². The van der Waals surface area contributed by atoms with E-state index in [-0.39, 0.29) is 23.7 Å². The lowest BCUT2D eigenvalue weighted by Gasteiger charge is -2.24. The molecule has 0 radical (unpaired) electrons. The minimum atomic E-state index is -4.00. The number of benzene rings is 1. The summed E-state index contributed by atoms with van der Waals surface area (Å²) < 4.78 is 54.9. The summed E-state index contributed by atoms with van der Waals surface area (Å²) in [6, 6.07) is 2.77. The highest BCUT2D eigenvalue weighted by atomic mass is 19.4. The number of methoxy groups -OCH3 is 2. The summed E-state index contributed by atoms with van der Waals surface area (Å²) in [6.07, 6.45) is 0.771. The van der Waals surface area contributed by atoms with E-state index < -0.39 is 18.0 Å². The van der Waals surface area contributed by atoms with Crippen LogP contribution in [0.1, 0.15) is 76.7 Å². The van der Waals surface area contributed by atoms with Crippen molar-refractivity contribution in [1.82, 2.24) is 0 Å². The highest BCUT2D eigenvalue weighted by Gasteiger charge is 2.31. The number of ketones is 1. The van der Waals surface area contributed by atoms with Crippen molar-refractivity contribution in [3.63, 3.8) is 0 Å². The van der Waals surface area contributed by atoms with E-state index >= 15 is 0 Å². The second-order valence-corrected chi connectivity index (χ2v) is 7.28. The first-order valence-electron chi connectivity index (χ1n) is 10.4. The molecule has 1 aliphatic rings. The van der Waals surface area contributed by atoms with Gasteiger partial charge in [0.1, 0.15) is 11.6 Å². The molecule has 2 rings (SSSR count). The van der Waals surface area contributed by atoms with Gasteiger partial charge in [0, 0.05) is 25.0 Å². The first-order valence-corrected chi connectivity index (χ1v) is 10.4. The van der Waals surface area contributed by atoms with E-state index in [9.17, 15) is 31.9 Å². The Morgan fingerprint density at radius 2 is 1.67 bits per heavy atom. The fraction of sp³-hybridized carbons (Fsp3) is 0.542. The molecule has 0 unspecified atom stereocenters. The molecular formula is C24H34F4O5. The summed E-state index contributed by atoms with van der Waals surface area (Å²) in [7, 11) is 2.74. The van der Waals surface area contributed by atoms with Crippen LogP contribution in [0.5, 0.6) is 5.75 Å². The summed E-state index contributed by atoms with van der Waals surface area (Å²) in [6.45, 7) is 10.1. The molecule has 0 bridgehead atoms. The normalized spacial score (nSPS) is 13.5. The number of aldehydes is 1. The van der Waals surface area contributed by atoms with Gasteiger partial charge < -0.3 is 9.47 Å². The Labute approximate surface area is 193 Å². The van der Waals surface area contributed by atoms with Crippen molar-refractivity contribution in [1.29, 1.82) is 0 Å². The van der Waals surface area contributed by atoms with E-state index in [0.29, 0.717) is 18.5 Å². The summed E-state index contributed by atoms with van der Waals surface area (Å²) in [5, 5.41) is 0. The van der Waals surface area contributed by atoms with E-state index in [0.717, 1.165) is 24.0 Å². The van der Waals surface area contributed by atoms with E-state index in [4.69, 9.17) is 4.74 Å². The van der Waals surface area contributed by atoms with E-state index in [2.05, 4.69) is 24.7 Å². The van der Waals surface area contributed by atoms with Crippen molar-refractivity contribution in [2.75, 3.05) is 14.2 Å². The fourth-order valence-corrected chi connectivity index (χ4v) is 2.75. The number of carbonyl (C=O) groups excluding carboxylic acids is 3. The lowest BCUT2D eigenvalue weighted by Crippen LogP contribution is -2.12. The Kier molecular flexibility index (Phi) is 14.9. The lowest BCUT2D eigenvalue weighted by molar-refractivity contribution is -0.129. The number of Topliss-reactive ketones (excluding diaryl/α,β-unsaturated/α-hetero) is 1. The molecule has 1 aromatic rings. The molecule has 0 amide bonds. The maximum absolute atomic E-state index is 13.9. The monoisotopic (exact) mass is 478 g/mol. The van der Waals surface area contributed by atoms with Crippen LogP contribution in [0.15, 0.2) is 18.2 Å². The highest BCUT2D eigenvalue weighted by Crippen LogP contribution is 2.47. The summed E-state index contributed by atoms with van der Waals surface area (Å²) in [5.41, 5.74) is 1.77. The molecule has 0 N–H and O–H groups in total. The molecule has 1 aliphatic carbocycles. The second-order valence-electron chi connectivity index (χ2n) is 7.28. The van der Waals surface area contributed by atoms with Crippen molar-refractivity contribution in [2.24, 2.45) is 5.41 Å². The molecule has 0 saturated heterocycles. The summed E-state index contributed by atoms with van der Waals surface area (Å²) in [5.74, 6) is -1.21. The number of ether oxygens (including phenoxy) is 2. The minimum absolute atomic E-state index is 0.0154. The zero-order chi connectivity index (χ0) is 26.4. The van der Waals surface area contributed by atoms with Crippen LogP contribution in [0.2, 0.25) is 0 Å². The smallest absolute Gasteiger partial charge is 0.386 e. The number of alkyl halides is 3. The number of carbonyl (C=O) groups is 3. The van der Waals surface area contributed by atoms with Gasteiger partial charge in [-0.3, -0.25) is 9.59 Å². The number of esters is 1. The van der Waals surface area contributed by atoms with Crippen molar-refractivity contribution in [3.05, 3.63) is 35.2 Å². The van der Waals surface area contributed by atoms with Crippen molar-refractivity contribution >= 4 is 23.6 Å². The molecule has 0 aliphatic heterocycles. The standard InChI is InChI=1S/C16H19FO3.C4H6O2.C2H3F3.C2H6/c1-16(2)7-5-6-12(16)10-8-11(15(18)20-4)13(17)9-14(10)19-3;1-2-4(6)3-5;1-2(3,4)5;1-2/h6,8-9H,5,7H2,1-4H3;3H,2H2,1H3;1H3;1-2H3. The maximum atomic E-state index is 13.9. The van der Waals surface area contributed by atoms with Crippen LogP contribution in [-0.4, -0.2) is 38.4 Å². The van der Waals surface area contributed by atoms with Gasteiger partial charge in [-0.15, -0.1) is 0 Å². The Balaban J connectivity index is 0. The van der Waals surface area contributed by atoms with Crippen LogP contribution in [0.4, 0.5) is 17.6 Å². The molecule has 0 atom stereocenters. The molecular weight excluding hydrogens is 444 g/mol. The predicted octanol–water partition coefficient (Wildman–Crippen LogP) is 6.58. The lowest BCUT2D eigenvalue weighted by atomic mass is 9.81. The minimum Gasteiger partial charge on any atom is -0.496 e. The molecule has 0 saturated carbocycles. The van der Waals surface area contributed by atoms with Gasteiger partial charge in [-0.2, -0.15) is 13.2 Å². The first kappa shape index (κ1) is 32.5. The summed E-state index contributed by atoms with van der Waals surface area (Å²) in [4.78, 5) is 30.8. The van der Waals surface area contributed by atoms with Crippen molar-refractivity contribution < 1.29 is 41.4 Å². The third-order valence-corrected chi connectivity index (χ3v) is 4.31. The molecule has 33 heavy (non-hydrogen) atoms. The number of rotatable bonds is 5. The van der Waals surface area contributed by atoms with Gasteiger partial charge in [0.2, 0.25) is 0 Å². The second kappa shape index (κ2) is 15.2. The zero-order valence-corrected chi connectivity index (χ0v) is 20.5.